The maximum Gasteiger partial charge on any atom is 0.246 e. The van der Waals surface area contributed by atoms with Crippen molar-refractivity contribution in [3.63, 3.8) is 0 Å². The van der Waals surface area contributed by atoms with Crippen molar-refractivity contribution in [2.24, 2.45) is 5.92 Å². The Balaban J connectivity index is 2.31. The van der Waals surface area contributed by atoms with E-state index in [0.29, 0.717) is 18.9 Å². The number of rotatable bonds is 3. The van der Waals surface area contributed by atoms with Crippen molar-refractivity contribution in [1.29, 1.82) is 0 Å². The molecule has 4 heteroatoms. The number of piperazine rings is 1. The van der Waals surface area contributed by atoms with Crippen LogP contribution < -0.4 is 5.32 Å². The maximum atomic E-state index is 12.6. The fourth-order valence-electron chi connectivity index (χ4n) is 3.42. The molecule has 1 heterocycles. The minimum atomic E-state index is -0.550. The van der Waals surface area contributed by atoms with E-state index in [2.05, 4.69) is 19.2 Å². The first-order valence-corrected chi connectivity index (χ1v) is 7.63. The van der Waals surface area contributed by atoms with Crippen LogP contribution >= 0.6 is 0 Å². The zero-order valence-electron chi connectivity index (χ0n) is 12.4. The minimum absolute atomic E-state index is 0.0827. The molecule has 108 valence electrons. The number of hydrogen-bond donors (Lipinski definition) is 1. The van der Waals surface area contributed by atoms with Gasteiger partial charge in [0.1, 0.15) is 11.6 Å². The van der Waals surface area contributed by atoms with Crippen molar-refractivity contribution in [2.75, 3.05) is 6.54 Å². The van der Waals surface area contributed by atoms with Crippen LogP contribution in [0.1, 0.15) is 59.3 Å². The molecule has 1 aliphatic heterocycles. The van der Waals surface area contributed by atoms with E-state index >= 15 is 0 Å². The smallest absolute Gasteiger partial charge is 0.246 e. The Labute approximate surface area is 115 Å². The molecular formula is C15H26N2O2. The summed E-state index contributed by atoms with van der Waals surface area (Å²) in [5, 5.41) is 2.95. The van der Waals surface area contributed by atoms with Crippen LogP contribution in [-0.2, 0) is 9.59 Å². The predicted molar refractivity (Wildman–Crippen MR) is 74.6 cm³/mol. The highest BCUT2D eigenvalue weighted by Gasteiger charge is 2.52. The van der Waals surface area contributed by atoms with Crippen molar-refractivity contribution in [1.82, 2.24) is 10.2 Å². The standard InChI is InChI=1S/C15H26N2O2/c1-4-12-13(18)17(10-11(2)3)15(14(19)16-12)8-6-5-7-9-15/h11-12H,4-10H2,1-3H3,(H,16,19). The van der Waals surface area contributed by atoms with Crippen LogP contribution in [-0.4, -0.2) is 34.8 Å². The SMILES string of the molecule is CCC1NC(=O)C2(CCCCC2)N(CC(C)C)C1=O. The van der Waals surface area contributed by atoms with Gasteiger partial charge in [0.15, 0.2) is 0 Å². The van der Waals surface area contributed by atoms with Gasteiger partial charge in [0.2, 0.25) is 11.8 Å². The van der Waals surface area contributed by atoms with Gasteiger partial charge in [0, 0.05) is 6.54 Å². The number of nitrogens with one attached hydrogen (secondary N) is 1. The molecule has 0 aromatic heterocycles. The van der Waals surface area contributed by atoms with E-state index in [4.69, 9.17) is 0 Å². The molecule has 1 saturated heterocycles. The van der Waals surface area contributed by atoms with Crippen LogP contribution in [0, 0.1) is 5.92 Å². The number of carbonyl (C=O) groups excluding carboxylic acids is 2. The Hall–Kier alpha value is -1.06. The largest absolute Gasteiger partial charge is 0.342 e. The molecular weight excluding hydrogens is 240 g/mol. The molecule has 0 bridgehead atoms. The number of hydrogen-bond acceptors (Lipinski definition) is 2. The van der Waals surface area contributed by atoms with Gasteiger partial charge in [-0.2, -0.15) is 0 Å². The van der Waals surface area contributed by atoms with E-state index in [1.54, 1.807) is 0 Å². The molecule has 0 aromatic rings. The molecule has 2 rings (SSSR count). The third kappa shape index (κ3) is 2.49. The van der Waals surface area contributed by atoms with Gasteiger partial charge in [-0.3, -0.25) is 9.59 Å². The second-order valence-electron chi connectivity index (χ2n) is 6.37. The molecule has 1 aliphatic carbocycles. The van der Waals surface area contributed by atoms with E-state index in [9.17, 15) is 9.59 Å². The Morgan fingerprint density at radius 1 is 1.26 bits per heavy atom. The highest BCUT2D eigenvalue weighted by atomic mass is 16.2. The molecule has 1 N–H and O–H groups in total. The lowest BCUT2D eigenvalue weighted by Gasteiger charge is -2.50. The summed E-state index contributed by atoms with van der Waals surface area (Å²) >= 11 is 0. The molecule has 19 heavy (non-hydrogen) atoms. The van der Waals surface area contributed by atoms with E-state index in [-0.39, 0.29) is 17.9 Å². The molecule has 2 aliphatic rings. The molecule has 1 saturated carbocycles. The first-order chi connectivity index (χ1) is 9.01. The second kappa shape index (κ2) is 5.51. The van der Waals surface area contributed by atoms with E-state index in [0.717, 1.165) is 25.7 Å². The number of nitrogens with zero attached hydrogens (tertiary/aromatic N) is 1. The lowest BCUT2D eigenvalue weighted by molar-refractivity contribution is -0.161. The molecule has 4 nitrogen and oxygen atoms in total. The summed E-state index contributed by atoms with van der Waals surface area (Å²) in [6, 6.07) is -0.321. The normalized spacial score (nSPS) is 26.9. The molecule has 1 unspecified atom stereocenters. The molecule has 1 atom stereocenters. The van der Waals surface area contributed by atoms with Crippen molar-refractivity contribution in [3.05, 3.63) is 0 Å². The molecule has 1 spiro atoms. The summed E-state index contributed by atoms with van der Waals surface area (Å²) in [4.78, 5) is 27.1. The van der Waals surface area contributed by atoms with Gasteiger partial charge in [0.05, 0.1) is 0 Å². The Morgan fingerprint density at radius 2 is 1.89 bits per heavy atom. The summed E-state index contributed by atoms with van der Waals surface area (Å²) in [5.41, 5.74) is -0.550. The van der Waals surface area contributed by atoms with Crippen LogP contribution in [0.5, 0.6) is 0 Å². The first kappa shape index (κ1) is 14.4. The highest BCUT2D eigenvalue weighted by molar-refractivity contribution is 5.99. The van der Waals surface area contributed by atoms with Gasteiger partial charge in [-0.1, -0.05) is 40.0 Å². The lowest BCUT2D eigenvalue weighted by atomic mass is 9.77. The van der Waals surface area contributed by atoms with E-state index in [1.165, 1.54) is 6.42 Å². The van der Waals surface area contributed by atoms with Gasteiger partial charge in [-0.05, 0) is 25.2 Å². The van der Waals surface area contributed by atoms with Crippen molar-refractivity contribution < 1.29 is 9.59 Å². The van der Waals surface area contributed by atoms with E-state index < -0.39 is 5.54 Å². The van der Waals surface area contributed by atoms with Crippen LogP contribution in [0.25, 0.3) is 0 Å². The fourth-order valence-corrected chi connectivity index (χ4v) is 3.42. The Kier molecular flexibility index (Phi) is 4.16. The fraction of sp³-hybridized carbons (Fsp3) is 0.867. The Morgan fingerprint density at radius 3 is 2.42 bits per heavy atom. The summed E-state index contributed by atoms with van der Waals surface area (Å²) < 4.78 is 0. The Bertz CT molecular complexity index is 359. The summed E-state index contributed by atoms with van der Waals surface area (Å²) in [5.74, 6) is 0.600. The minimum Gasteiger partial charge on any atom is -0.342 e. The van der Waals surface area contributed by atoms with Gasteiger partial charge < -0.3 is 10.2 Å². The van der Waals surface area contributed by atoms with Crippen molar-refractivity contribution in [3.8, 4) is 0 Å². The second-order valence-corrected chi connectivity index (χ2v) is 6.37. The zero-order chi connectivity index (χ0) is 14.0. The summed E-state index contributed by atoms with van der Waals surface area (Å²) in [6.45, 7) is 6.87. The summed E-state index contributed by atoms with van der Waals surface area (Å²) in [7, 11) is 0. The maximum absolute atomic E-state index is 12.6. The predicted octanol–water partition coefficient (Wildman–Crippen LogP) is 2.08. The van der Waals surface area contributed by atoms with Gasteiger partial charge in [0.25, 0.3) is 0 Å². The number of carbonyl (C=O) groups is 2. The number of amides is 2. The molecule has 0 aromatic carbocycles. The van der Waals surface area contributed by atoms with Crippen molar-refractivity contribution >= 4 is 11.8 Å². The molecule has 2 fully saturated rings. The van der Waals surface area contributed by atoms with Gasteiger partial charge >= 0.3 is 0 Å². The van der Waals surface area contributed by atoms with Gasteiger partial charge in [-0.15, -0.1) is 0 Å². The first-order valence-electron chi connectivity index (χ1n) is 7.63. The van der Waals surface area contributed by atoms with Gasteiger partial charge in [-0.25, -0.2) is 0 Å². The molecule has 0 radical (unpaired) electrons. The highest BCUT2D eigenvalue weighted by Crippen LogP contribution is 2.37. The van der Waals surface area contributed by atoms with Crippen molar-refractivity contribution in [2.45, 2.75) is 70.9 Å². The van der Waals surface area contributed by atoms with Crippen LogP contribution in [0.4, 0.5) is 0 Å². The average molecular weight is 266 g/mol. The monoisotopic (exact) mass is 266 g/mol. The van der Waals surface area contributed by atoms with Crippen LogP contribution in [0.15, 0.2) is 0 Å². The lowest BCUT2D eigenvalue weighted by Crippen LogP contribution is -2.71. The third-order valence-electron chi connectivity index (χ3n) is 4.45. The van der Waals surface area contributed by atoms with E-state index in [1.807, 2.05) is 11.8 Å². The van der Waals surface area contributed by atoms with Crippen LogP contribution in [0.2, 0.25) is 0 Å². The average Bonchev–Trinajstić information content (AvgIpc) is 2.40. The quantitative estimate of drug-likeness (QED) is 0.850. The topological polar surface area (TPSA) is 49.4 Å². The third-order valence-corrected chi connectivity index (χ3v) is 4.45. The summed E-state index contributed by atoms with van der Waals surface area (Å²) in [6.07, 6.45) is 5.60. The molecule has 2 amide bonds. The van der Waals surface area contributed by atoms with Crippen LogP contribution in [0.3, 0.4) is 0 Å². The zero-order valence-corrected chi connectivity index (χ0v) is 12.4.